The highest BCUT2D eigenvalue weighted by atomic mass is 31.2. The molecule has 0 aliphatic rings. The first-order chi connectivity index (χ1) is 35.2. The van der Waals surface area contributed by atoms with Crippen LogP contribution in [0, 0.1) is 0 Å². The third kappa shape index (κ3) is 51.8. The van der Waals surface area contributed by atoms with Crippen LogP contribution in [0.25, 0.3) is 0 Å². The van der Waals surface area contributed by atoms with Crippen LogP contribution in [-0.2, 0) is 42.2 Å². The fourth-order valence-corrected chi connectivity index (χ4v) is 8.47. The van der Waals surface area contributed by atoms with Crippen molar-refractivity contribution in [2.24, 2.45) is 0 Å². The van der Waals surface area contributed by atoms with Gasteiger partial charge in [-0.25, -0.2) is 4.57 Å². The Labute approximate surface area is 439 Å². The smallest absolute Gasteiger partial charge is 0.462 e. The van der Waals surface area contributed by atoms with Gasteiger partial charge in [-0.05, 0) is 109 Å². The zero-order valence-electron chi connectivity index (χ0n) is 45.9. The lowest BCUT2D eigenvalue weighted by Gasteiger charge is -2.21. The standard InChI is InChI=1S/C60H105O11P/c1-4-7-10-13-16-19-22-25-26-27-28-29-30-33-36-39-42-45-48-51-60(64)71-57(53-67-58(62)49-46-43-40-37-34-31-23-20-17-14-11-8-5-2)55-69-72(65,66)68-54-56(52-61)70-59(63)50-47-44-41-38-35-32-24-21-18-15-12-9-6-3/h8,11,16-17,19-21,24-26,31,34,56-57,61H,4-7,9-10,12-15,18,22-23,27-30,32-33,35-55H2,1-3H3,(H,65,66)/b11-8-,19-16-,20-17-,24-21-,26-25-,34-31-. The summed E-state index contributed by atoms with van der Waals surface area (Å²) in [5, 5.41) is 9.80. The largest absolute Gasteiger partial charge is 0.472 e. The van der Waals surface area contributed by atoms with E-state index in [0.717, 1.165) is 109 Å². The molecule has 72 heavy (non-hydrogen) atoms. The van der Waals surface area contributed by atoms with Gasteiger partial charge in [-0.2, -0.15) is 0 Å². The summed E-state index contributed by atoms with van der Waals surface area (Å²) in [4.78, 5) is 48.5. The molecule has 0 bridgehead atoms. The van der Waals surface area contributed by atoms with Crippen LogP contribution in [0.15, 0.2) is 72.9 Å². The lowest BCUT2D eigenvalue weighted by molar-refractivity contribution is -0.161. The molecule has 0 radical (unpaired) electrons. The Morgan fingerprint density at radius 2 is 0.722 bits per heavy atom. The SMILES string of the molecule is CC/C=C\C/C=C\C/C=C\CCCCCC(=O)OCC(COP(=O)(O)OCC(CO)OC(=O)CCCCCCC/C=C\CCCCCC)OC(=O)CCCCCCCCCCC/C=C\C/C=C\CCCCC. The van der Waals surface area contributed by atoms with E-state index in [4.69, 9.17) is 23.3 Å². The molecule has 416 valence electrons. The Kier molecular flexibility index (Phi) is 51.9. The van der Waals surface area contributed by atoms with E-state index < -0.39 is 57.8 Å². The molecular formula is C60H105O11P. The van der Waals surface area contributed by atoms with Crippen LogP contribution in [0.1, 0.15) is 252 Å². The first-order valence-electron chi connectivity index (χ1n) is 28.8. The van der Waals surface area contributed by atoms with Crippen molar-refractivity contribution >= 4 is 25.7 Å². The monoisotopic (exact) mass is 1030 g/mol. The fourth-order valence-electron chi connectivity index (χ4n) is 7.69. The molecule has 3 unspecified atom stereocenters. The number of ether oxygens (including phenoxy) is 3. The summed E-state index contributed by atoms with van der Waals surface area (Å²) in [6.07, 6.45) is 60.0. The van der Waals surface area contributed by atoms with Gasteiger partial charge in [0.25, 0.3) is 0 Å². The number of aliphatic hydroxyl groups is 1. The zero-order valence-corrected chi connectivity index (χ0v) is 46.8. The molecule has 3 atom stereocenters. The van der Waals surface area contributed by atoms with E-state index in [2.05, 4.69) is 93.7 Å². The summed E-state index contributed by atoms with van der Waals surface area (Å²) in [6, 6.07) is 0. The number of unbranched alkanes of at least 4 members (excludes halogenated alkanes) is 24. The van der Waals surface area contributed by atoms with Gasteiger partial charge in [-0.15, -0.1) is 0 Å². The lowest BCUT2D eigenvalue weighted by Crippen LogP contribution is -2.30. The van der Waals surface area contributed by atoms with E-state index >= 15 is 0 Å². The Balaban J connectivity index is 4.75. The number of aliphatic hydroxyl groups excluding tert-OH is 1. The Bertz CT molecular complexity index is 1490. The van der Waals surface area contributed by atoms with Gasteiger partial charge < -0.3 is 24.2 Å². The number of rotatable bonds is 53. The number of phosphoric acid groups is 1. The molecule has 0 aromatic carbocycles. The van der Waals surface area contributed by atoms with Crippen LogP contribution in [0.2, 0.25) is 0 Å². The maximum atomic E-state index is 12.9. The van der Waals surface area contributed by atoms with Crippen LogP contribution in [0.5, 0.6) is 0 Å². The Morgan fingerprint density at radius 1 is 0.403 bits per heavy atom. The van der Waals surface area contributed by atoms with Crippen LogP contribution in [0.3, 0.4) is 0 Å². The molecule has 12 heteroatoms. The molecule has 0 saturated heterocycles. The third-order valence-electron chi connectivity index (χ3n) is 12.1. The highest BCUT2D eigenvalue weighted by Gasteiger charge is 2.28. The van der Waals surface area contributed by atoms with Crippen molar-refractivity contribution in [3.8, 4) is 0 Å². The predicted molar refractivity (Wildman–Crippen MR) is 298 cm³/mol. The summed E-state index contributed by atoms with van der Waals surface area (Å²) in [7, 11) is -4.76. The first kappa shape index (κ1) is 68.9. The molecular weight excluding hydrogens is 928 g/mol. The molecule has 0 rings (SSSR count). The van der Waals surface area contributed by atoms with E-state index in [-0.39, 0.29) is 25.9 Å². The van der Waals surface area contributed by atoms with Crippen molar-refractivity contribution in [2.75, 3.05) is 26.4 Å². The van der Waals surface area contributed by atoms with Crippen molar-refractivity contribution in [3.05, 3.63) is 72.9 Å². The van der Waals surface area contributed by atoms with Crippen molar-refractivity contribution in [1.29, 1.82) is 0 Å². The molecule has 11 nitrogen and oxygen atoms in total. The summed E-state index contributed by atoms with van der Waals surface area (Å²) in [5.41, 5.74) is 0. The topological polar surface area (TPSA) is 155 Å². The highest BCUT2D eigenvalue weighted by Crippen LogP contribution is 2.43. The van der Waals surface area contributed by atoms with Crippen molar-refractivity contribution < 1.29 is 52.2 Å². The number of phosphoric ester groups is 1. The predicted octanol–water partition coefficient (Wildman–Crippen LogP) is 16.9. The number of carbonyl (C=O) groups excluding carboxylic acids is 3. The number of allylic oxidation sites excluding steroid dienone is 12. The average molecular weight is 1030 g/mol. The fraction of sp³-hybridized carbons (Fsp3) is 0.750. The van der Waals surface area contributed by atoms with Crippen molar-refractivity contribution in [1.82, 2.24) is 0 Å². The Morgan fingerprint density at radius 3 is 1.17 bits per heavy atom. The van der Waals surface area contributed by atoms with Crippen molar-refractivity contribution in [2.45, 2.75) is 264 Å². The van der Waals surface area contributed by atoms with Crippen LogP contribution in [0.4, 0.5) is 0 Å². The molecule has 0 spiro atoms. The normalized spacial score (nSPS) is 13.9. The second-order valence-electron chi connectivity index (χ2n) is 19.1. The van der Waals surface area contributed by atoms with E-state index in [1.54, 1.807) is 0 Å². The summed E-state index contributed by atoms with van der Waals surface area (Å²) >= 11 is 0. The summed E-state index contributed by atoms with van der Waals surface area (Å²) in [5.74, 6) is -1.51. The van der Waals surface area contributed by atoms with Crippen LogP contribution < -0.4 is 0 Å². The molecule has 0 aliphatic heterocycles. The minimum Gasteiger partial charge on any atom is -0.462 e. The third-order valence-corrected chi connectivity index (χ3v) is 13.0. The molecule has 0 amide bonds. The quantitative estimate of drug-likeness (QED) is 0.0197. The molecule has 0 saturated carbocycles. The molecule has 0 fully saturated rings. The van der Waals surface area contributed by atoms with Gasteiger partial charge in [0.1, 0.15) is 12.7 Å². The van der Waals surface area contributed by atoms with Gasteiger partial charge in [-0.3, -0.25) is 23.4 Å². The maximum Gasteiger partial charge on any atom is 0.472 e. The maximum absolute atomic E-state index is 12.9. The molecule has 0 aliphatic carbocycles. The summed E-state index contributed by atoms with van der Waals surface area (Å²) < 4.78 is 39.5. The van der Waals surface area contributed by atoms with Gasteiger partial charge in [-0.1, -0.05) is 196 Å². The minimum absolute atomic E-state index is 0.154. The average Bonchev–Trinajstić information content (AvgIpc) is 3.37. The van der Waals surface area contributed by atoms with Gasteiger partial charge in [0.05, 0.1) is 19.8 Å². The summed E-state index contributed by atoms with van der Waals surface area (Å²) in [6.45, 7) is 4.45. The van der Waals surface area contributed by atoms with E-state index in [1.807, 2.05) is 0 Å². The Hall–Kier alpha value is -3.08. The zero-order chi connectivity index (χ0) is 52.7. The van der Waals surface area contributed by atoms with E-state index in [1.165, 1.54) is 83.5 Å². The molecule has 0 heterocycles. The number of hydrogen-bond acceptors (Lipinski definition) is 10. The number of carbonyl (C=O) groups is 3. The lowest BCUT2D eigenvalue weighted by atomic mass is 10.1. The van der Waals surface area contributed by atoms with Gasteiger partial charge in [0.15, 0.2) is 6.10 Å². The van der Waals surface area contributed by atoms with Gasteiger partial charge in [0, 0.05) is 19.3 Å². The second-order valence-corrected chi connectivity index (χ2v) is 20.5. The van der Waals surface area contributed by atoms with E-state index in [0.29, 0.717) is 19.3 Å². The first-order valence-corrected chi connectivity index (χ1v) is 30.3. The van der Waals surface area contributed by atoms with Gasteiger partial charge in [0.2, 0.25) is 0 Å². The van der Waals surface area contributed by atoms with E-state index in [9.17, 15) is 28.9 Å². The second kappa shape index (κ2) is 54.2. The van der Waals surface area contributed by atoms with Gasteiger partial charge >= 0.3 is 25.7 Å². The molecule has 0 aromatic rings. The van der Waals surface area contributed by atoms with Crippen molar-refractivity contribution in [3.63, 3.8) is 0 Å². The number of hydrogen-bond donors (Lipinski definition) is 2. The van der Waals surface area contributed by atoms with Crippen LogP contribution in [-0.4, -0.2) is 66.5 Å². The highest BCUT2D eigenvalue weighted by molar-refractivity contribution is 7.47. The molecule has 2 N–H and O–H groups in total. The van der Waals surface area contributed by atoms with Crippen LogP contribution >= 0.6 is 7.82 Å². The minimum atomic E-state index is -4.76. The molecule has 0 aromatic heterocycles. The number of esters is 3.